The second kappa shape index (κ2) is 10.3. The van der Waals surface area contributed by atoms with Crippen molar-refractivity contribution >= 4 is 23.2 Å². The van der Waals surface area contributed by atoms with Crippen molar-refractivity contribution in [1.82, 2.24) is 14.6 Å². The van der Waals surface area contributed by atoms with Crippen LogP contribution in [0.1, 0.15) is 33.6 Å². The molecular formula is C27H21FN4O5. The molecule has 9 nitrogen and oxygen atoms in total. The van der Waals surface area contributed by atoms with E-state index in [9.17, 15) is 14.0 Å². The molecule has 5 aromatic rings. The zero-order valence-electron chi connectivity index (χ0n) is 19.7. The average molecular weight is 500 g/mol. The molecule has 1 N–H and O–H groups in total. The van der Waals surface area contributed by atoms with Gasteiger partial charge in [0.25, 0.3) is 5.91 Å². The number of carbonyl (C=O) groups is 2. The van der Waals surface area contributed by atoms with E-state index in [0.717, 1.165) is 5.56 Å². The van der Waals surface area contributed by atoms with Crippen molar-refractivity contribution in [2.45, 2.75) is 13.5 Å². The quantitative estimate of drug-likeness (QED) is 0.294. The van der Waals surface area contributed by atoms with Gasteiger partial charge in [-0.25, -0.2) is 18.7 Å². The number of halogens is 1. The van der Waals surface area contributed by atoms with Gasteiger partial charge in [0, 0.05) is 17.4 Å². The molecule has 0 fully saturated rings. The molecule has 0 atom stereocenters. The van der Waals surface area contributed by atoms with Crippen LogP contribution in [0.4, 0.5) is 10.1 Å². The monoisotopic (exact) mass is 500 g/mol. The number of benzene rings is 2. The molecule has 5 rings (SSSR count). The molecule has 3 heterocycles. The van der Waals surface area contributed by atoms with Crippen molar-refractivity contribution in [3.05, 3.63) is 102 Å². The number of carbonyl (C=O) groups excluding carboxylic acids is 2. The van der Waals surface area contributed by atoms with Crippen molar-refractivity contribution in [2.75, 3.05) is 11.9 Å². The van der Waals surface area contributed by atoms with Gasteiger partial charge < -0.3 is 19.2 Å². The Balaban J connectivity index is 1.30. The largest absolute Gasteiger partial charge is 0.486 e. The van der Waals surface area contributed by atoms with Crippen LogP contribution < -0.4 is 10.1 Å². The van der Waals surface area contributed by atoms with Crippen LogP contribution >= 0.6 is 0 Å². The first-order valence-electron chi connectivity index (χ1n) is 11.4. The summed E-state index contributed by atoms with van der Waals surface area (Å²) in [6, 6.07) is 17.7. The van der Waals surface area contributed by atoms with Crippen molar-refractivity contribution < 1.29 is 27.9 Å². The van der Waals surface area contributed by atoms with Gasteiger partial charge in [-0.15, -0.1) is 0 Å². The number of nitrogens with zero attached hydrogens (tertiary/aromatic N) is 3. The average Bonchev–Trinajstić information content (AvgIpc) is 3.56. The number of furan rings is 1. The number of hydrogen-bond donors (Lipinski definition) is 1. The molecule has 0 spiro atoms. The molecule has 0 radical (unpaired) electrons. The van der Waals surface area contributed by atoms with Gasteiger partial charge in [-0.3, -0.25) is 4.79 Å². The summed E-state index contributed by atoms with van der Waals surface area (Å²) in [5.41, 5.74) is 2.60. The topological polar surface area (TPSA) is 108 Å². The number of rotatable bonds is 8. The number of fused-ring (bicyclic) bond motifs is 1. The molecule has 37 heavy (non-hydrogen) atoms. The highest BCUT2D eigenvalue weighted by Crippen LogP contribution is 2.25. The van der Waals surface area contributed by atoms with Gasteiger partial charge in [-0.2, -0.15) is 5.10 Å². The summed E-state index contributed by atoms with van der Waals surface area (Å²) >= 11 is 0. The van der Waals surface area contributed by atoms with Crippen LogP contribution in [0.3, 0.4) is 0 Å². The molecule has 186 valence electrons. The minimum absolute atomic E-state index is 0.0874. The van der Waals surface area contributed by atoms with Gasteiger partial charge in [0.1, 0.15) is 29.5 Å². The van der Waals surface area contributed by atoms with Crippen LogP contribution in [0.15, 0.2) is 83.5 Å². The van der Waals surface area contributed by atoms with Crippen LogP contribution in [0.5, 0.6) is 5.75 Å². The third kappa shape index (κ3) is 5.18. The number of esters is 1. The van der Waals surface area contributed by atoms with Crippen LogP contribution in [-0.4, -0.2) is 33.1 Å². The molecule has 10 heteroatoms. The van der Waals surface area contributed by atoms with Crippen LogP contribution in [0.2, 0.25) is 0 Å². The van der Waals surface area contributed by atoms with E-state index >= 15 is 0 Å². The number of anilines is 1. The first kappa shape index (κ1) is 23.7. The Labute approximate surface area is 210 Å². The summed E-state index contributed by atoms with van der Waals surface area (Å²) in [5, 5.41) is 7.12. The molecule has 1 amide bonds. The van der Waals surface area contributed by atoms with Gasteiger partial charge in [-0.1, -0.05) is 12.1 Å². The third-order valence-electron chi connectivity index (χ3n) is 5.39. The second-order valence-electron chi connectivity index (χ2n) is 7.89. The Morgan fingerprint density at radius 3 is 2.73 bits per heavy atom. The second-order valence-corrected chi connectivity index (χ2v) is 7.89. The SMILES string of the molecule is CCOC(=O)c1cnn2c(-c3cccc(NC(=O)c4ccc(COc5ccc(F)cc5)o4)c3)ccnc12. The summed E-state index contributed by atoms with van der Waals surface area (Å²) in [6.45, 7) is 2.06. The molecule has 0 aliphatic carbocycles. The standard InChI is InChI=1S/C27H21FN4O5/c1-2-35-27(34)22-15-30-32-23(12-13-29-25(22)32)17-4-3-5-19(14-17)31-26(33)24-11-10-21(37-24)16-36-20-8-6-18(28)7-9-20/h3-15H,2,16H2,1H3,(H,31,33). The normalized spacial score (nSPS) is 10.9. The Hall–Kier alpha value is -4.99. The Bertz CT molecular complexity index is 1580. The maximum Gasteiger partial charge on any atom is 0.343 e. The molecule has 0 unspecified atom stereocenters. The summed E-state index contributed by atoms with van der Waals surface area (Å²) in [4.78, 5) is 29.3. The minimum atomic E-state index is -0.496. The smallest absolute Gasteiger partial charge is 0.343 e. The van der Waals surface area contributed by atoms with Crippen molar-refractivity contribution in [1.29, 1.82) is 0 Å². The van der Waals surface area contributed by atoms with E-state index in [1.165, 1.54) is 30.5 Å². The summed E-state index contributed by atoms with van der Waals surface area (Å²) < 4.78 is 30.8. The number of hydrogen-bond acceptors (Lipinski definition) is 7. The summed E-state index contributed by atoms with van der Waals surface area (Å²) in [7, 11) is 0. The lowest BCUT2D eigenvalue weighted by Gasteiger charge is -2.08. The zero-order valence-corrected chi connectivity index (χ0v) is 19.7. The fourth-order valence-electron chi connectivity index (χ4n) is 3.67. The molecule has 3 aromatic heterocycles. The van der Waals surface area contributed by atoms with E-state index < -0.39 is 11.9 Å². The number of aromatic nitrogens is 3. The van der Waals surface area contributed by atoms with Crippen LogP contribution in [0.25, 0.3) is 16.9 Å². The number of nitrogens with one attached hydrogen (secondary N) is 1. The first-order chi connectivity index (χ1) is 18.0. The lowest BCUT2D eigenvalue weighted by molar-refractivity contribution is 0.0528. The highest BCUT2D eigenvalue weighted by molar-refractivity contribution is 6.02. The van der Waals surface area contributed by atoms with Gasteiger partial charge in [0.05, 0.1) is 18.5 Å². The van der Waals surface area contributed by atoms with E-state index in [0.29, 0.717) is 28.5 Å². The number of ether oxygens (including phenoxy) is 2. The lowest BCUT2D eigenvalue weighted by Crippen LogP contribution is -2.11. The highest BCUT2D eigenvalue weighted by atomic mass is 19.1. The molecule has 0 saturated carbocycles. The fourth-order valence-corrected chi connectivity index (χ4v) is 3.67. The Morgan fingerprint density at radius 1 is 1.08 bits per heavy atom. The van der Waals surface area contributed by atoms with E-state index in [-0.39, 0.29) is 30.4 Å². The fraction of sp³-hybridized carbons (Fsp3) is 0.111. The lowest BCUT2D eigenvalue weighted by atomic mass is 10.1. The van der Waals surface area contributed by atoms with Crippen molar-refractivity contribution in [2.24, 2.45) is 0 Å². The van der Waals surface area contributed by atoms with Gasteiger partial charge in [-0.05, 0) is 61.5 Å². The molecular weight excluding hydrogens is 479 g/mol. The van der Waals surface area contributed by atoms with E-state index in [1.54, 1.807) is 54.0 Å². The summed E-state index contributed by atoms with van der Waals surface area (Å²) in [5.74, 6) is -0.248. The predicted octanol–water partition coefficient (Wildman–Crippen LogP) is 5.14. The summed E-state index contributed by atoms with van der Waals surface area (Å²) in [6.07, 6.45) is 3.00. The third-order valence-corrected chi connectivity index (χ3v) is 5.39. The molecule has 0 saturated heterocycles. The molecule has 0 aliphatic heterocycles. The van der Waals surface area contributed by atoms with E-state index in [2.05, 4.69) is 15.4 Å². The molecule has 0 aliphatic rings. The van der Waals surface area contributed by atoms with Gasteiger partial charge in [0.2, 0.25) is 0 Å². The zero-order chi connectivity index (χ0) is 25.8. The Kier molecular flexibility index (Phi) is 6.62. The van der Waals surface area contributed by atoms with Crippen LogP contribution in [0, 0.1) is 5.82 Å². The Morgan fingerprint density at radius 2 is 1.92 bits per heavy atom. The highest BCUT2D eigenvalue weighted by Gasteiger charge is 2.18. The van der Waals surface area contributed by atoms with Crippen molar-refractivity contribution in [3.63, 3.8) is 0 Å². The van der Waals surface area contributed by atoms with E-state index in [4.69, 9.17) is 13.9 Å². The minimum Gasteiger partial charge on any atom is -0.486 e. The van der Waals surface area contributed by atoms with Gasteiger partial charge >= 0.3 is 5.97 Å². The maximum atomic E-state index is 13.0. The molecule has 0 bridgehead atoms. The van der Waals surface area contributed by atoms with Gasteiger partial charge in [0.15, 0.2) is 11.4 Å². The first-order valence-corrected chi connectivity index (χ1v) is 11.4. The van der Waals surface area contributed by atoms with Crippen LogP contribution in [-0.2, 0) is 11.3 Å². The number of amides is 1. The van der Waals surface area contributed by atoms with E-state index in [1.807, 2.05) is 6.07 Å². The van der Waals surface area contributed by atoms with Crippen molar-refractivity contribution in [3.8, 4) is 17.0 Å². The molecule has 2 aromatic carbocycles. The predicted molar refractivity (Wildman–Crippen MR) is 132 cm³/mol. The maximum absolute atomic E-state index is 13.0.